The number of hydrogen-bond donors (Lipinski definition) is 0. The minimum Gasteiger partial charge on any atom is -0.332 e. The smallest absolute Gasteiger partial charge is 0.274 e. The Labute approximate surface area is 140 Å². The van der Waals surface area contributed by atoms with Gasteiger partial charge in [0.2, 0.25) is 0 Å². The van der Waals surface area contributed by atoms with Gasteiger partial charge < -0.3 is 9.30 Å². The van der Waals surface area contributed by atoms with Crippen LogP contribution in [-0.4, -0.2) is 42.6 Å². The van der Waals surface area contributed by atoms with E-state index in [9.17, 15) is 4.79 Å². The minimum absolute atomic E-state index is 0.0215. The lowest BCUT2D eigenvalue weighted by Gasteiger charge is -2.35. The van der Waals surface area contributed by atoms with Crippen LogP contribution in [0.1, 0.15) is 35.3 Å². The summed E-state index contributed by atoms with van der Waals surface area (Å²) in [5, 5.41) is 4.28. The first-order chi connectivity index (χ1) is 11.7. The van der Waals surface area contributed by atoms with Crippen LogP contribution in [0.4, 0.5) is 0 Å². The van der Waals surface area contributed by atoms with Crippen molar-refractivity contribution in [3.05, 3.63) is 54.2 Å². The molecule has 6 heteroatoms. The van der Waals surface area contributed by atoms with Crippen molar-refractivity contribution < 1.29 is 4.79 Å². The Bertz CT molecular complexity index is 852. The van der Waals surface area contributed by atoms with Gasteiger partial charge >= 0.3 is 0 Å². The molecule has 0 radical (unpaired) electrons. The van der Waals surface area contributed by atoms with Crippen LogP contribution >= 0.6 is 0 Å². The van der Waals surface area contributed by atoms with E-state index in [1.807, 2.05) is 57.7 Å². The molecule has 4 heterocycles. The Morgan fingerprint density at radius 2 is 2.25 bits per heavy atom. The van der Waals surface area contributed by atoms with E-state index >= 15 is 0 Å². The van der Waals surface area contributed by atoms with Gasteiger partial charge in [-0.2, -0.15) is 5.10 Å². The molecule has 0 aromatic carbocycles. The fourth-order valence-electron chi connectivity index (χ4n) is 3.42. The highest BCUT2D eigenvalue weighted by atomic mass is 16.2. The zero-order valence-electron chi connectivity index (χ0n) is 13.8. The predicted molar refractivity (Wildman–Crippen MR) is 90.8 cm³/mol. The standard InChI is InChI=1S/C18H21N5O/c1-14-6-10-21-13-16(20-17(21)11-14)18(24)23-9-3-2-5-15(23)12-22-8-4-7-19-22/h4,6-8,10-11,13,15H,2-3,5,9,12H2,1H3/t15-/m0/s1. The van der Waals surface area contributed by atoms with Crippen LogP contribution in [0.3, 0.4) is 0 Å². The lowest BCUT2D eigenvalue weighted by atomic mass is 10.0. The molecule has 6 nitrogen and oxygen atoms in total. The summed E-state index contributed by atoms with van der Waals surface area (Å²) in [7, 11) is 0. The van der Waals surface area contributed by atoms with Crippen molar-refractivity contribution in [2.75, 3.05) is 6.54 Å². The second-order valence-corrected chi connectivity index (χ2v) is 6.47. The van der Waals surface area contributed by atoms with E-state index in [1.165, 1.54) is 0 Å². The van der Waals surface area contributed by atoms with Crippen LogP contribution in [0.2, 0.25) is 0 Å². The van der Waals surface area contributed by atoms with Gasteiger partial charge in [0, 0.05) is 31.3 Å². The number of carbonyl (C=O) groups is 1. The Morgan fingerprint density at radius 1 is 1.33 bits per heavy atom. The van der Waals surface area contributed by atoms with Gasteiger partial charge in [-0.1, -0.05) is 0 Å². The van der Waals surface area contributed by atoms with Gasteiger partial charge in [-0.15, -0.1) is 0 Å². The van der Waals surface area contributed by atoms with Crippen LogP contribution < -0.4 is 0 Å². The first-order valence-electron chi connectivity index (χ1n) is 8.44. The van der Waals surface area contributed by atoms with Gasteiger partial charge in [-0.3, -0.25) is 9.48 Å². The summed E-state index contributed by atoms with van der Waals surface area (Å²) in [4.78, 5) is 19.5. The summed E-state index contributed by atoms with van der Waals surface area (Å²) in [6.45, 7) is 3.56. The van der Waals surface area contributed by atoms with Crippen LogP contribution in [0.25, 0.3) is 5.65 Å². The number of hydrogen-bond acceptors (Lipinski definition) is 3. The molecule has 0 unspecified atom stereocenters. The summed E-state index contributed by atoms with van der Waals surface area (Å²) in [6, 6.07) is 6.11. The molecule has 4 rings (SSSR count). The van der Waals surface area contributed by atoms with Gasteiger partial charge in [0.05, 0.1) is 12.6 Å². The molecule has 0 spiro atoms. The molecule has 1 amide bonds. The second-order valence-electron chi connectivity index (χ2n) is 6.47. The maximum Gasteiger partial charge on any atom is 0.274 e. The fraction of sp³-hybridized carbons (Fsp3) is 0.389. The number of piperidine rings is 1. The highest BCUT2D eigenvalue weighted by Crippen LogP contribution is 2.21. The molecule has 0 saturated carbocycles. The van der Waals surface area contributed by atoms with Gasteiger partial charge in [0.25, 0.3) is 5.91 Å². The Morgan fingerprint density at radius 3 is 3.08 bits per heavy atom. The average molecular weight is 323 g/mol. The number of aromatic nitrogens is 4. The van der Waals surface area contributed by atoms with Crippen molar-refractivity contribution in [1.29, 1.82) is 0 Å². The van der Waals surface area contributed by atoms with E-state index in [2.05, 4.69) is 10.1 Å². The van der Waals surface area contributed by atoms with E-state index < -0.39 is 0 Å². The molecule has 3 aromatic heterocycles. The van der Waals surface area contributed by atoms with Crippen molar-refractivity contribution >= 4 is 11.6 Å². The lowest BCUT2D eigenvalue weighted by Crippen LogP contribution is -2.46. The minimum atomic E-state index is 0.0215. The molecule has 0 N–H and O–H groups in total. The van der Waals surface area contributed by atoms with Crippen LogP contribution in [0.15, 0.2) is 43.0 Å². The SMILES string of the molecule is Cc1ccn2cc(C(=O)N3CCCC[C@H]3Cn3cccn3)nc2c1. The van der Waals surface area contributed by atoms with Gasteiger partial charge in [-0.25, -0.2) is 4.98 Å². The number of nitrogens with zero attached hydrogens (tertiary/aromatic N) is 5. The first kappa shape index (κ1) is 14.9. The number of aryl methyl sites for hydroxylation is 1. The first-order valence-corrected chi connectivity index (χ1v) is 8.44. The van der Waals surface area contributed by atoms with Crippen LogP contribution in [0, 0.1) is 6.92 Å². The van der Waals surface area contributed by atoms with Crippen LogP contribution in [-0.2, 0) is 6.54 Å². The summed E-state index contributed by atoms with van der Waals surface area (Å²) in [5.74, 6) is 0.0215. The van der Waals surface area contributed by atoms with Crippen molar-refractivity contribution in [2.45, 2.75) is 38.8 Å². The molecule has 1 fully saturated rings. The Kier molecular flexibility index (Phi) is 3.80. The topological polar surface area (TPSA) is 55.4 Å². The molecule has 124 valence electrons. The van der Waals surface area contributed by atoms with E-state index in [1.54, 1.807) is 6.20 Å². The van der Waals surface area contributed by atoms with Crippen molar-refractivity contribution in [3.8, 4) is 0 Å². The zero-order chi connectivity index (χ0) is 16.5. The Hall–Kier alpha value is -2.63. The second kappa shape index (κ2) is 6.11. The van der Waals surface area contributed by atoms with Gasteiger partial charge in [0.1, 0.15) is 11.3 Å². The lowest BCUT2D eigenvalue weighted by molar-refractivity contribution is 0.0578. The largest absolute Gasteiger partial charge is 0.332 e. The van der Waals surface area contributed by atoms with E-state index in [-0.39, 0.29) is 11.9 Å². The quantitative estimate of drug-likeness (QED) is 0.744. The number of amides is 1. The number of imidazole rings is 1. The highest BCUT2D eigenvalue weighted by molar-refractivity contribution is 5.93. The summed E-state index contributed by atoms with van der Waals surface area (Å²) < 4.78 is 3.82. The molecule has 1 aliphatic heterocycles. The van der Waals surface area contributed by atoms with Crippen LogP contribution in [0.5, 0.6) is 0 Å². The number of rotatable bonds is 3. The average Bonchev–Trinajstić information content (AvgIpc) is 3.23. The monoisotopic (exact) mass is 323 g/mol. The molecule has 1 atom stereocenters. The molecular weight excluding hydrogens is 302 g/mol. The fourth-order valence-corrected chi connectivity index (χ4v) is 3.42. The molecule has 1 aliphatic rings. The third-order valence-electron chi connectivity index (χ3n) is 4.68. The molecule has 3 aromatic rings. The maximum absolute atomic E-state index is 13.0. The number of pyridine rings is 1. The molecule has 0 aliphatic carbocycles. The zero-order valence-corrected chi connectivity index (χ0v) is 13.8. The number of likely N-dealkylation sites (tertiary alicyclic amines) is 1. The number of fused-ring (bicyclic) bond motifs is 1. The maximum atomic E-state index is 13.0. The summed E-state index contributed by atoms with van der Waals surface area (Å²) in [6.07, 6.45) is 10.7. The van der Waals surface area contributed by atoms with Gasteiger partial charge in [-0.05, 0) is 49.9 Å². The highest BCUT2D eigenvalue weighted by Gasteiger charge is 2.29. The normalized spacial score (nSPS) is 18.2. The third-order valence-corrected chi connectivity index (χ3v) is 4.68. The predicted octanol–water partition coefficient (Wildman–Crippen LogP) is 2.53. The summed E-state index contributed by atoms with van der Waals surface area (Å²) >= 11 is 0. The van der Waals surface area contributed by atoms with E-state index in [4.69, 9.17) is 0 Å². The van der Waals surface area contributed by atoms with Crippen molar-refractivity contribution in [1.82, 2.24) is 24.1 Å². The molecular formula is C18H21N5O. The van der Waals surface area contributed by atoms with Crippen molar-refractivity contribution in [3.63, 3.8) is 0 Å². The molecule has 24 heavy (non-hydrogen) atoms. The summed E-state index contributed by atoms with van der Waals surface area (Å²) in [5.41, 5.74) is 2.48. The van der Waals surface area contributed by atoms with Crippen molar-refractivity contribution in [2.24, 2.45) is 0 Å². The van der Waals surface area contributed by atoms with E-state index in [0.29, 0.717) is 5.69 Å². The molecule has 0 bridgehead atoms. The molecule has 1 saturated heterocycles. The number of carbonyl (C=O) groups excluding carboxylic acids is 1. The van der Waals surface area contributed by atoms with Gasteiger partial charge in [0.15, 0.2) is 0 Å². The Balaban J connectivity index is 1.60. The third kappa shape index (κ3) is 2.79. The van der Waals surface area contributed by atoms with E-state index in [0.717, 1.165) is 43.6 Å².